The van der Waals surface area contributed by atoms with Crippen LogP contribution in [0.3, 0.4) is 0 Å². The Morgan fingerprint density at radius 3 is 2.84 bits per heavy atom. The maximum absolute atomic E-state index is 11.9. The van der Waals surface area contributed by atoms with Crippen molar-refractivity contribution in [3.63, 3.8) is 0 Å². The molecule has 7 nitrogen and oxygen atoms in total. The molecule has 1 amide bonds. The van der Waals surface area contributed by atoms with Crippen molar-refractivity contribution in [3.8, 4) is 0 Å². The third kappa shape index (κ3) is 2.89. The van der Waals surface area contributed by atoms with Crippen LogP contribution in [0, 0.1) is 0 Å². The Hall–Kier alpha value is -2.41. The number of nitrogens with zero attached hydrogens (tertiary/aromatic N) is 2. The second-order valence-electron chi connectivity index (χ2n) is 3.97. The van der Waals surface area contributed by atoms with Crippen molar-refractivity contribution in [2.75, 3.05) is 6.61 Å². The Kier molecular flexibility index (Phi) is 3.76. The second kappa shape index (κ2) is 5.49. The fourth-order valence-corrected chi connectivity index (χ4v) is 1.66. The number of carbonyl (C=O) groups is 2. The number of hydrogen-bond donors (Lipinski definition) is 3. The SMILES string of the molecule is O=C(NC(CCO)C(=O)O)c1cn2ccccc2n1. The van der Waals surface area contributed by atoms with Gasteiger partial charge in [0.05, 0.1) is 0 Å². The van der Waals surface area contributed by atoms with Crippen LogP contribution in [-0.4, -0.2) is 44.1 Å². The van der Waals surface area contributed by atoms with Crippen LogP contribution < -0.4 is 5.32 Å². The van der Waals surface area contributed by atoms with Crippen LogP contribution in [0.1, 0.15) is 16.9 Å². The van der Waals surface area contributed by atoms with E-state index < -0.39 is 17.9 Å². The van der Waals surface area contributed by atoms with E-state index in [-0.39, 0.29) is 18.7 Å². The zero-order valence-electron chi connectivity index (χ0n) is 9.98. The first kappa shape index (κ1) is 13.0. The maximum Gasteiger partial charge on any atom is 0.326 e. The van der Waals surface area contributed by atoms with Crippen molar-refractivity contribution in [2.45, 2.75) is 12.5 Å². The summed E-state index contributed by atoms with van der Waals surface area (Å²) < 4.78 is 1.66. The number of carboxylic acids is 1. The van der Waals surface area contributed by atoms with E-state index in [4.69, 9.17) is 10.2 Å². The molecule has 0 saturated carbocycles. The number of aliphatic hydroxyl groups excluding tert-OH is 1. The number of rotatable bonds is 5. The Balaban J connectivity index is 2.16. The third-order valence-corrected chi connectivity index (χ3v) is 2.62. The van der Waals surface area contributed by atoms with Gasteiger partial charge in [0.2, 0.25) is 0 Å². The number of fused-ring (bicyclic) bond motifs is 1. The van der Waals surface area contributed by atoms with Crippen LogP contribution in [-0.2, 0) is 4.79 Å². The molecule has 1 unspecified atom stereocenters. The van der Waals surface area contributed by atoms with Gasteiger partial charge in [0, 0.05) is 25.4 Å². The quantitative estimate of drug-likeness (QED) is 0.698. The summed E-state index contributed by atoms with van der Waals surface area (Å²) in [6.07, 6.45) is 3.21. The highest BCUT2D eigenvalue weighted by Crippen LogP contribution is 2.05. The molecule has 2 rings (SSSR count). The van der Waals surface area contributed by atoms with Gasteiger partial charge in [-0.2, -0.15) is 0 Å². The summed E-state index contributed by atoms with van der Waals surface area (Å²) in [7, 11) is 0. The van der Waals surface area contributed by atoms with Gasteiger partial charge in [-0.15, -0.1) is 0 Å². The van der Waals surface area contributed by atoms with E-state index in [2.05, 4.69) is 10.3 Å². The minimum absolute atomic E-state index is 0.0472. The van der Waals surface area contributed by atoms with Gasteiger partial charge in [0.25, 0.3) is 5.91 Å². The van der Waals surface area contributed by atoms with Crippen LogP contribution >= 0.6 is 0 Å². The van der Waals surface area contributed by atoms with Gasteiger partial charge < -0.3 is 19.9 Å². The van der Waals surface area contributed by atoms with Crippen molar-refractivity contribution in [3.05, 3.63) is 36.3 Å². The highest BCUT2D eigenvalue weighted by atomic mass is 16.4. The van der Waals surface area contributed by atoms with Gasteiger partial charge in [0.15, 0.2) is 0 Å². The highest BCUT2D eigenvalue weighted by molar-refractivity contribution is 5.95. The molecular weight excluding hydrogens is 250 g/mol. The highest BCUT2D eigenvalue weighted by Gasteiger charge is 2.21. The smallest absolute Gasteiger partial charge is 0.326 e. The van der Waals surface area contributed by atoms with Gasteiger partial charge in [0.1, 0.15) is 17.4 Å². The molecule has 2 heterocycles. The molecule has 7 heteroatoms. The molecule has 0 bridgehead atoms. The predicted molar refractivity (Wildman–Crippen MR) is 65.8 cm³/mol. The average molecular weight is 263 g/mol. The minimum atomic E-state index is -1.19. The maximum atomic E-state index is 11.9. The molecule has 0 fully saturated rings. The monoisotopic (exact) mass is 263 g/mol. The number of aliphatic hydroxyl groups is 1. The van der Waals surface area contributed by atoms with Gasteiger partial charge in [-0.1, -0.05) is 6.07 Å². The first-order valence-corrected chi connectivity index (χ1v) is 5.70. The second-order valence-corrected chi connectivity index (χ2v) is 3.97. The van der Waals surface area contributed by atoms with E-state index in [1.807, 2.05) is 0 Å². The van der Waals surface area contributed by atoms with E-state index in [0.29, 0.717) is 5.65 Å². The first-order valence-electron chi connectivity index (χ1n) is 5.70. The number of aliphatic carboxylic acids is 1. The van der Waals surface area contributed by atoms with Crippen molar-refractivity contribution in [1.82, 2.24) is 14.7 Å². The molecule has 1 atom stereocenters. The molecule has 2 aromatic heterocycles. The lowest BCUT2D eigenvalue weighted by atomic mass is 10.2. The molecule has 3 N–H and O–H groups in total. The third-order valence-electron chi connectivity index (χ3n) is 2.62. The number of carboxylic acid groups (broad SMARTS) is 1. The molecular formula is C12H13N3O4. The van der Waals surface area contributed by atoms with Gasteiger partial charge >= 0.3 is 5.97 Å². The number of hydrogen-bond acceptors (Lipinski definition) is 4. The Morgan fingerprint density at radius 2 is 2.21 bits per heavy atom. The molecule has 0 spiro atoms. The topological polar surface area (TPSA) is 104 Å². The number of imidazole rings is 1. The van der Waals surface area contributed by atoms with Crippen LogP contribution in [0.2, 0.25) is 0 Å². The Morgan fingerprint density at radius 1 is 1.42 bits per heavy atom. The number of aromatic nitrogens is 2. The fourth-order valence-electron chi connectivity index (χ4n) is 1.66. The molecule has 2 aromatic rings. The van der Waals surface area contributed by atoms with Crippen LogP contribution in [0.15, 0.2) is 30.6 Å². The molecule has 100 valence electrons. The number of amides is 1. The lowest BCUT2D eigenvalue weighted by Gasteiger charge is -2.11. The largest absolute Gasteiger partial charge is 0.480 e. The zero-order chi connectivity index (χ0) is 13.8. The fraction of sp³-hybridized carbons (Fsp3) is 0.250. The predicted octanol–water partition coefficient (Wildman–Crippen LogP) is -0.100. The summed E-state index contributed by atoms with van der Waals surface area (Å²) in [5.74, 6) is -1.77. The standard InChI is InChI=1S/C12H13N3O4/c16-6-4-8(12(18)19)14-11(17)9-7-15-5-2-1-3-10(15)13-9/h1-3,5,7-8,16H,4,6H2,(H,14,17)(H,18,19). The first-order chi connectivity index (χ1) is 9.11. The van der Waals surface area contributed by atoms with Gasteiger partial charge in [-0.05, 0) is 12.1 Å². The van der Waals surface area contributed by atoms with Gasteiger partial charge in [-0.25, -0.2) is 9.78 Å². The molecule has 0 saturated heterocycles. The van der Waals surface area contributed by atoms with Gasteiger partial charge in [-0.3, -0.25) is 4.79 Å². The van der Waals surface area contributed by atoms with E-state index in [1.165, 1.54) is 6.20 Å². The van der Waals surface area contributed by atoms with Crippen molar-refractivity contribution in [1.29, 1.82) is 0 Å². The average Bonchev–Trinajstić information content (AvgIpc) is 2.81. The molecule has 0 aromatic carbocycles. The number of carbonyl (C=O) groups excluding carboxylic acids is 1. The zero-order valence-corrected chi connectivity index (χ0v) is 9.98. The summed E-state index contributed by atoms with van der Waals surface area (Å²) in [6, 6.07) is 4.19. The van der Waals surface area contributed by atoms with E-state index in [0.717, 1.165) is 0 Å². The minimum Gasteiger partial charge on any atom is -0.480 e. The number of nitrogens with one attached hydrogen (secondary N) is 1. The summed E-state index contributed by atoms with van der Waals surface area (Å²) in [5, 5.41) is 20.0. The van der Waals surface area contributed by atoms with Crippen LogP contribution in [0.5, 0.6) is 0 Å². The van der Waals surface area contributed by atoms with Crippen LogP contribution in [0.25, 0.3) is 5.65 Å². The van der Waals surface area contributed by atoms with Crippen LogP contribution in [0.4, 0.5) is 0 Å². The van der Waals surface area contributed by atoms with E-state index in [1.54, 1.807) is 28.8 Å². The molecule has 19 heavy (non-hydrogen) atoms. The normalized spacial score (nSPS) is 12.3. The summed E-state index contributed by atoms with van der Waals surface area (Å²) in [6.45, 7) is -0.317. The molecule has 0 aliphatic heterocycles. The van der Waals surface area contributed by atoms with E-state index >= 15 is 0 Å². The summed E-state index contributed by atoms with van der Waals surface area (Å²) in [5.41, 5.74) is 0.733. The lowest BCUT2D eigenvalue weighted by Crippen LogP contribution is -2.41. The summed E-state index contributed by atoms with van der Waals surface area (Å²) in [4.78, 5) is 26.8. The number of pyridine rings is 1. The van der Waals surface area contributed by atoms with Crippen molar-refractivity contribution in [2.24, 2.45) is 0 Å². The summed E-state index contributed by atoms with van der Waals surface area (Å²) >= 11 is 0. The van der Waals surface area contributed by atoms with Crippen molar-refractivity contribution < 1.29 is 19.8 Å². The Bertz CT molecular complexity index is 575. The van der Waals surface area contributed by atoms with E-state index in [9.17, 15) is 9.59 Å². The van der Waals surface area contributed by atoms with Crippen molar-refractivity contribution >= 4 is 17.5 Å². The Labute approximate surface area is 108 Å². The lowest BCUT2D eigenvalue weighted by molar-refractivity contribution is -0.139. The molecule has 0 aliphatic carbocycles. The molecule has 0 radical (unpaired) electrons. The molecule has 0 aliphatic rings.